The Morgan fingerprint density at radius 3 is 2.72 bits per heavy atom. The van der Waals surface area contributed by atoms with Gasteiger partial charge in [0.25, 0.3) is 0 Å². The van der Waals surface area contributed by atoms with Crippen LogP contribution in [-0.2, 0) is 10.0 Å². The molecule has 1 heterocycles. The molecule has 0 saturated carbocycles. The predicted octanol–water partition coefficient (Wildman–Crippen LogP) is 1.44. The third kappa shape index (κ3) is 2.98. The Morgan fingerprint density at radius 1 is 1.33 bits per heavy atom. The maximum atomic E-state index is 12.1. The molecule has 0 aliphatic carbocycles. The number of hydrogen-bond donors (Lipinski definition) is 1. The van der Waals surface area contributed by atoms with Gasteiger partial charge in [-0.2, -0.15) is 4.31 Å². The fourth-order valence-electron chi connectivity index (χ4n) is 2.13. The average molecular weight is 267 g/mol. The van der Waals surface area contributed by atoms with Crippen LogP contribution in [0.3, 0.4) is 0 Å². The number of rotatable bonds is 4. The van der Waals surface area contributed by atoms with E-state index in [4.69, 9.17) is 5.11 Å². The van der Waals surface area contributed by atoms with Gasteiger partial charge in [0.2, 0.25) is 10.0 Å². The highest BCUT2D eigenvalue weighted by molar-refractivity contribution is 7.92. The van der Waals surface area contributed by atoms with Crippen LogP contribution in [-0.4, -0.2) is 37.0 Å². The molecule has 18 heavy (non-hydrogen) atoms. The summed E-state index contributed by atoms with van der Waals surface area (Å²) in [6, 6.07) is 9.03. The van der Waals surface area contributed by atoms with Gasteiger partial charge in [-0.15, -0.1) is 0 Å². The Hall–Kier alpha value is -1.17. The highest BCUT2D eigenvalue weighted by atomic mass is 32.2. The van der Waals surface area contributed by atoms with Crippen LogP contribution < -0.4 is 0 Å². The summed E-state index contributed by atoms with van der Waals surface area (Å²) in [5.41, 5.74) is 0.848. The second-order valence-corrected chi connectivity index (χ2v) is 6.12. The molecule has 98 valence electrons. The van der Waals surface area contributed by atoms with Crippen LogP contribution in [0.15, 0.2) is 35.7 Å². The molecule has 0 spiro atoms. The molecular formula is C13H17NO3S. The fourth-order valence-corrected chi connectivity index (χ4v) is 3.59. The molecule has 1 fully saturated rings. The number of aliphatic hydroxyl groups excluding tert-OH is 1. The minimum absolute atomic E-state index is 0.113. The maximum absolute atomic E-state index is 12.1. The Morgan fingerprint density at radius 2 is 2.06 bits per heavy atom. The summed E-state index contributed by atoms with van der Waals surface area (Å²) in [7, 11) is -3.43. The number of benzene rings is 1. The summed E-state index contributed by atoms with van der Waals surface area (Å²) >= 11 is 0. The van der Waals surface area contributed by atoms with Crippen LogP contribution in [0.4, 0.5) is 0 Å². The number of sulfonamides is 1. The molecular weight excluding hydrogens is 250 g/mol. The van der Waals surface area contributed by atoms with Gasteiger partial charge >= 0.3 is 0 Å². The summed E-state index contributed by atoms with van der Waals surface area (Å²) in [6.07, 6.45) is 3.13. The van der Waals surface area contributed by atoms with E-state index < -0.39 is 10.0 Å². The lowest BCUT2D eigenvalue weighted by atomic mass is 10.2. The van der Waals surface area contributed by atoms with Crippen LogP contribution in [0.1, 0.15) is 18.4 Å². The van der Waals surface area contributed by atoms with E-state index in [0.717, 1.165) is 18.4 Å². The zero-order chi connectivity index (χ0) is 13.0. The fraction of sp³-hybridized carbons (Fsp3) is 0.385. The molecule has 1 atom stereocenters. The highest BCUT2D eigenvalue weighted by Crippen LogP contribution is 2.21. The van der Waals surface area contributed by atoms with Crippen molar-refractivity contribution in [3.8, 4) is 0 Å². The third-order valence-corrected chi connectivity index (χ3v) is 4.71. The van der Waals surface area contributed by atoms with E-state index in [-0.39, 0.29) is 12.6 Å². The maximum Gasteiger partial charge on any atom is 0.236 e. The van der Waals surface area contributed by atoms with Gasteiger partial charge in [-0.25, -0.2) is 8.42 Å². The van der Waals surface area contributed by atoms with Gasteiger partial charge in [0.05, 0.1) is 6.61 Å². The smallest absolute Gasteiger partial charge is 0.236 e. The molecule has 1 saturated heterocycles. The normalized spacial score (nSPS) is 21.7. The van der Waals surface area contributed by atoms with Crippen LogP contribution in [0.5, 0.6) is 0 Å². The number of hydrogen-bond acceptors (Lipinski definition) is 3. The second kappa shape index (κ2) is 5.65. The SMILES string of the molecule is O=S(=O)(C=Cc1ccccc1)N1CCC[C@H]1CO. The highest BCUT2D eigenvalue weighted by Gasteiger charge is 2.31. The molecule has 1 N–H and O–H groups in total. The van der Waals surface area contributed by atoms with E-state index in [2.05, 4.69) is 0 Å². The van der Waals surface area contributed by atoms with Gasteiger partial charge in [-0.1, -0.05) is 30.3 Å². The largest absolute Gasteiger partial charge is 0.395 e. The Bertz CT molecular complexity index is 510. The van der Waals surface area contributed by atoms with Crippen LogP contribution in [0.2, 0.25) is 0 Å². The average Bonchev–Trinajstić information content (AvgIpc) is 2.87. The van der Waals surface area contributed by atoms with Crippen molar-refractivity contribution in [1.82, 2.24) is 4.31 Å². The van der Waals surface area contributed by atoms with Gasteiger partial charge in [0, 0.05) is 18.0 Å². The third-order valence-electron chi connectivity index (χ3n) is 3.09. The lowest BCUT2D eigenvalue weighted by Gasteiger charge is -2.20. The van der Waals surface area contributed by atoms with Gasteiger partial charge in [0.1, 0.15) is 0 Å². The quantitative estimate of drug-likeness (QED) is 0.898. The first kappa shape index (κ1) is 13.3. The van der Waals surface area contributed by atoms with E-state index in [9.17, 15) is 8.42 Å². The van der Waals surface area contributed by atoms with Crippen molar-refractivity contribution < 1.29 is 13.5 Å². The van der Waals surface area contributed by atoms with Crippen molar-refractivity contribution >= 4 is 16.1 Å². The van der Waals surface area contributed by atoms with Crippen LogP contribution >= 0.6 is 0 Å². The van der Waals surface area contributed by atoms with E-state index in [1.54, 1.807) is 6.08 Å². The first-order valence-corrected chi connectivity index (χ1v) is 7.49. The summed E-state index contributed by atoms with van der Waals surface area (Å²) in [5.74, 6) is 0. The minimum Gasteiger partial charge on any atom is -0.395 e. The summed E-state index contributed by atoms with van der Waals surface area (Å²) in [5, 5.41) is 10.4. The zero-order valence-corrected chi connectivity index (χ0v) is 10.9. The van der Waals surface area contributed by atoms with Crippen molar-refractivity contribution in [1.29, 1.82) is 0 Å². The molecule has 5 heteroatoms. The van der Waals surface area contributed by atoms with E-state index >= 15 is 0 Å². The summed E-state index contributed by atoms with van der Waals surface area (Å²) in [4.78, 5) is 0. The topological polar surface area (TPSA) is 57.6 Å². The molecule has 1 aromatic rings. The summed E-state index contributed by atoms with van der Waals surface area (Å²) < 4.78 is 25.6. The van der Waals surface area contributed by atoms with Gasteiger partial charge in [-0.3, -0.25) is 0 Å². The molecule has 0 unspecified atom stereocenters. The number of nitrogens with zero attached hydrogens (tertiary/aromatic N) is 1. The Labute approximate surface area is 108 Å². The molecule has 0 aromatic heterocycles. The van der Waals surface area contributed by atoms with Crippen LogP contribution in [0.25, 0.3) is 6.08 Å². The Balaban J connectivity index is 2.15. The standard InChI is InChI=1S/C13H17NO3S/c15-11-13-7-4-9-14(13)18(16,17)10-8-12-5-2-1-3-6-12/h1-3,5-6,8,10,13,15H,4,7,9,11H2/t13-/m0/s1. The van der Waals surface area contributed by atoms with Crippen molar-refractivity contribution in [2.75, 3.05) is 13.2 Å². The molecule has 0 radical (unpaired) electrons. The van der Waals surface area contributed by atoms with E-state index in [0.29, 0.717) is 6.54 Å². The van der Waals surface area contributed by atoms with Crippen molar-refractivity contribution in [3.63, 3.8) is 0 Å². The lowest BCUT2D eigenvalue weighted by Crippen LogP contribution is -2.36. The van der Waals surface area contributed by atoms with Gasteiger partial charge in [-0.05, 0) is 24.5 Å². The van der Waals surface area contributed by atoms with Crippen LogP contribution in [0, 0.1) is 0 Å². The minimum atomic E-state index is -3.43. The number of aliphatic hydroxyl groups is 1. The molecule has 2 rings (SSSR count). The Kier molecular flexibility index (Phi) is 4.16. The van der Waals surface area contributed by atoms with Gasteiger partial charge < -0.3 is 5.11 Å². The monoisotopic (exact) mass is 267 g/mol. The van der Waals surface area contributed by atoms with E-state index in [1.165, 1.54) is 9.71 Å². The molecule has 0 amide bonds. The van der Waals surface area contributed by atoms with Gasteiger partial charge in [0.15, 0.2) is 0 Å². The molecule has 1 aromatic carbocycles. The lowest BCUT2D eigenvalue weighted by molar-refractivity contribution is 0.214. The molecule has 0 bridgehead atoms. The second-order valence-electron chi connectivity index (χ2n) is 4.35. The predicted molar refractivity (Wildman–Crippen MR) is 71.2 cm³/mol. The molecule has 4 nitrogen and oxygen atoms in total. The zero-order valence-electron chi connectivity index (χ0n) is 10.1. The van der Waals surface area contributed by atoms with Crippen molar-refractivity contribution in [2.24, 2.45) is 0 Å². The summed E-state index contributed by atoms with van der Waals surface area (Å²) in [6.45, 7) is 0.380. The van der Waals surface area contributed by atoms with E-state index in [1.807, 2.05) is 30.3 Å². The molecule has 1 aliphatic heterocycles. The van der Waals surface area contributed by atoms with Crippen molar-refractivity contribution in [2.45, 2.75) is 18.9 Å². The first-order chi connectivity index (χ1) is 8.63. The molecule has 1 aliphatic rings. The van der Waals surface area contributed by atoms with Crippen molar-refractivity contribution in [3.05, 3.63) is 41.3 Å². The first-order valence-electron chi connectivity index (χ1n) is 5.99.